The maximum Gasteiger partial charge on any atom is 0.137 e. The van der Waals surface area contributed by atoms with Gasteiger partial charge in [-0.2, -0.15) is 0 Å². The average molecular weight is 988 g/mol. The molecule has 1 aliphatic rings. The van der Waals surface area contributed by atoms with Gasteiger partial charge in [0.15, 0.2) is 0 Å². The molecule has 4 aromatic heterocycles. The lowest BCUT2D eigenvalue weighted by Crippen LogP contribution is -2.44. The van der Waals surface area contributed by atoms with Gasteiger partial charge in [0.25, 0.3) is 0 Å². The summed E-state index contributed by atoms with van der Waals surface area (Å²) in [5.74, 6) is 0. The van der Waals surface area contributed by atoms with Crippen molar-refractivity contribution in [1.82, 2.24) is 0 Å². The van der Waals surface area contributed by atoms with Gasteiger partial charge in [-0.05, 0) is 139 Å². The maximum atomic E-state index is 6.78. The van der Waals surface area contributed by atoms with Crippen LogP contribution in [0.4, 0.5) is 45.5 Å². The lowest BCUT2D eigenvalue weighted by molar-refractivity contribution is 0.565. The van der Waals surface area contributed by atoms with E-state index in [2.05, 4.69) is 252 Å². The molecule has 15 rings (SSSR count). The number of nitrogens with zero attached hydrogens (tertiary/aromatic N) is 3. The number of rotatable bonds is 9. The first-order valence-corrected chi connectivity index (χ1v) is 26.7. The molecule has 0 fully saturated rings. The molecule has 1 unspecified atom stereocenters. The largest absolute Gasteiger partial charge is 0.456 e. The fourth-order valence-electron chi connectivity index (χ4n) is 11.5. The van der Waals surface area contributed by atoms with Crippen LogP contribution in [0.15, 0.2) is 245 Å². The van der Waals surface area contributed by atoms with E-state index < -0.39 is 0 Å². The van der Waals surface area contributed by atoms with Crippen LogP contribution in [0.25, 0.3) is 80.2 Å². The topological polar surface area (TPSA) is 36.0 Å². The fraction of sp³-hybridized carbons (Fsp3) is 0.0448. The Balaban J connectivity index is 0.801. The van der Waals surface area contributed by atoms with Gasteiger partial charge < -0.3 is 23.5 Å². The smallest absolute Gasteiger partial charge is 0.137 e. The van der Waals surface area contributed by atoms with E-state index in [1.165, 1.54) is 40.7 Å². The molecule has 0 saturated carbocycles. The molecule has 0 aliphatic heterocycles. The molecule has 0 spiro atoms. The normalized spacial score (nSPS) is 14.5. The first kappa shape index (κ1) is 42.8. The molecule has 0 saturated heterocycles. The van der Waals surface area contributed by atoms with Gasteiger partial charge >= 0.3 is 0 Å². The first-order chi connectivity index (χ1) is 36.5. The SMILES string of the molecule is CC1(N(c2ccccc2)c2ccc3oc4cc(N(c5ccccc5)c5ccc6c(c5)sc5ccc(N(c7ccccc7)c7ccc8c(c7)oc7ccccc78)cc56)ccc4c3c2)C=Cc2c(sc3ccccc23)C1. The monoisotopic (exact) mass is 987 g/mol. The van der Waals surface area contributed by atoms with Crippen LogP contribution >= 0.6 is 22.7 Å². The third-order valence-electron chi connectivity index (χ3n) is 14.9. The van der Waals surface area contributed by atoms with Crippen LogP contribution in [-0.2, 0) is 6.42 Å². The van der Waals surface area contributed by atoms with Crippen molar-refractivity contribution in [2.24, 2.45) is 0 Å². The number of anilines is 8. The van der Waals surface area contributed by atoms with E-state index in [1.807, 2.05) is 34.8 Å². The van der Waals surface area contributed by atoms with E-state index in [-0.39, 0.29) is 5.54 Å². The Hall–Kier alpha value is -8.88. The van der Waals surface area contributed by atoms with Gasteiger partial charge in [0.1, 0.15) is 22.3 Å². The minimum Gasteiger partial charge on any atom is -0.456 e. The van der Waals surface area contributed by atoms with Gasteiger partial charge in [-0.1, -0.05) is 109 Å². The van der Waals surface area contributed by atoms with Gasteiger partial charge in [-0.15, -0.1) is 22.7 Å². The Labute approximate surface area is 435 Å². The Kier molecular flexibility index (Phi) is 9.74. The van der Waals surface area contributed by atoms with E-state index >= 15 is 0 Å². The summed E-state index contributed by atoms with van der Waals surface area (Å²) in [4.78, 5) is 8.59. The minimum atomic E-state index is -0.307. The van der Waals surface area contributed by atoms with Crippen LogP contribution in [-0.4, -0.2) is 5.54 Å². The van der Waals surface area contributed by atoms with Crippen molar-refractivity contribution in [3.63, 3.8) is 0 Å². The Bertz CT molecular complexity index is 4510. The van der Waals surface area contributed by atoms with Crippen LogP contribution in [0.5, 0.6) is 0 Å². The van der Waals surface area contributed by atoms with Crippen molar-refractivity contribution in [2.75, 3.05) is 14.7 Å². The predicted molar refractivity (Wildman–Crippen MR) is 315 cm³/mol. The zero-order valence-electron chi connectivity index (χ0n) is 40.3. The minimum absolute atomic E-state index is 0.307. The van der Waals surface area contributed by atoms with E-state index in [1.54, 1.807) is 0 Å². The number of hydrogen-bond donors (Lipinski definition) is 0. The van der Waals surface area contributed by atoms with Gasteiger partial charge in [0.2, 0.25) is 0 Å². The van der Waals surface area contributed by atoms with Gasteiger partial charge in [0.05, 0.1) is 5.54 Å². The molecule has 74 heavy (non-hydrogen) atoms. The van der Waals surface area contributed by atoms with Gasteiger partial charge in [-0.3, -0.25) is 0 Å². The molecule has 0 amide bonds. The molecular formula is C67H45N3O2S2. The summed E-state index contributed by atoms with van der Waals surface area (Å²) in [6.07, 6.45) is 5.65. The average Bonchev–Trinajstić information content (AvgIpc) is 4.21. The zero-order valence-corrected chi connectivity index (χ0v) is 41.9. The molecule has 0 N–H and O–H groups in total. The second-order valence-corrected chi connectivity index (χ2v) is 21.7. The van der Waals surface area contributed by atoms with Crippen molar-refractivity contribution in [1.29, 1.82) is 0 Å². The number of hydrogen-bond acceptors (Lipinski definition) is 7. The molecule has 10 aromatic carbocycles. The van der Waals surface area contributed by atoms with Crippen LogP contribution in [0.1, 0.15) is 17.4 Å². The third-order valence-corrected chi connectivity index (χ3v) is 17.2. The van der Waals surface area contributed by atoms with E-state index in [9.17, 15) is 0 Å². The van der Waals surface area contributed by atoms with Crippen LogP contribution in [0, 0.1) is 0 Å². The highest BCUT2D eigenvalue weighted by Gasteiger charge is 2.36. The second kappa shape index (κ2) is 16.9. The van der Waals surface area contributed by atoms with Gasteiger partial charge in [-0.25, -0.2) is 0 Å². The van der Waals surface area contributed by atoms with E-state index in [0.29, 0.717) is 0 Å². The van der Waals surface area contributed by atoms with E-state index in [0.717, 1.165) is 95.8 Å². The summed E-state index contributed by atoms with van der Waals surface area (Å²) in [5, 5.41) is 8.20. The van der Waals surface area contributed by atoms with Crippen LogP contribution < -0.4 is 14.7 Å². The molecule has 7 heteroatoms. The van der Waals surface area contributed by atoms with Crippen LogP contribution in [0.3, 0.4) is 0 Å². The van der Waals surface area contributed by atoms with Crippen molar-refractivity contribution >= 4 is 148 Å². The molecule has 1 atom stereocenters. The molecule has 5 nitrogen and oxygen atoms in total. The number of furan rings is 2. The highest BCUT2D eigenvalue weighted by atomic mass is 32.1. The van der Waals surface area contributed by atoms with Crippen molar-refractivity contribution in [3.05, 3.63) is 247 Å². The lowest BCUT2D eigenvalue weighted by Gasteiger charge is -2.42. The van der Waals surface area contributed by atoms with Gasteiger partial charge in [0, 0.05) is 115 Å². The molecule has 1 aliphatic carbocycles. The summed E-state index contributed by atoms with van der Waals surface area (Å²) < 4.78 is 17.0. The molecule has 352 valence electrons. The Morgan fingerprint density at radius 1 is 0.351 bits per heavy atom. The number of benzene rings is 10. The quantitative estimate of drug-likeness (QED) is 0.144. The molecule has 0 bridgehead atoms. The highest BCUT2D eigenvalue weighted by Crippen LogP contribution is 2.48. The second-order valence-electron chi connectivity index (χ2n) is 19.5. The first-order valence-electron chi connectivity index (χ1n) is 25.1. The van der Waals surface area contributed by atoms with Crippen molar-refractivity contribution < 1.29 is 8.83 Å². The third kappa shape index (κ3) is 6.96. The summed E-state index contributed by atoms with van der Waals surface area (Å²) in [7, 11) is 0. The summed E-state index contributed by atoms with van der Waals surface area (Å²) in [6.45, 7) is 2.37. The Morgan fingerprint density at radius 2 is 0.851 bits per heavy atom. The number of para-hydroxylation sites is 4. The standard InChI is InChI=1S/C67H45N3O2S2/c1-67(36-35-56-54-22-12-14-24-63(54)74-66(56)42-67)70(45-19-9-4-10-20-45)50-28-33-60-57(38-50)53-31-26-48(40-62(53)72-60)69(44-17-7-3-8-18-44)49-27-32-55-58-37-46(29-34-64(58)73-65(55)41-49)68(43-15-5-2-6-16-43)47-25-30-52-51-21-11-13-23-59(51)71-61(52)39-47/h2-41H,42H2,1H3. The molecular weight excluding hydrogens is 943 g/mol. The van der Waals surface area contributed by atoms with E-state index in [4.69, 9.17) is 8.83 Å². The van der Waals surface area contributed by atoms with Crippen molar-refractivity contribution in [2.45, 2.75) is 18.9 Å². The highest BCUT2D eigenvalue weighted by molar-refractivity contribution is 7.25. The number of thiophene rings is 2. The maximum absolute atomic E-state index is 6.78. The summed E-state index contributed by atoms with van der Waals surface area (Å²) >= 11 is 3.75. The van der Waals surface area contributed by atoms with Crippen LogP contribution in [0.2, 0.25) is 0 Å². The fourth-order valence-corrected chi connectivity index (χ4v) is 14.0. The Morgan fingerprint density at radius 3 is 1.55 bits per heavy atom. The number of fused-ring (bicyclic) bond motifs is 12. The summed E-state index contributed by atoms with van der Waals surface area (Å²) in [5.41, 5.74) is 13.2. The molecule has 4 heterocycles. The predicted octanol–water partition coefficient (Wildman–Crippen LogP) is 20.2. The van der Waals surface area contributed by atoms with Crippen molar-refractivity contribution in [3.8, 4) is 0 Å². The molecule has 14 aromatic rings. The molecule has 0 radical (unpaired) electrons. The summed E-state index contributed by atoms with van der Waals surface area (Å²) in [6, 6.07) is 82.7. The lowest BCUT2D eigenvalue weighted by atomic mass is 9.86. The zero-order chi connectivity index (χ0) is 48.9.